The maximum atomic E-state index is 13.2. The molecule has 1 amide bonds. The summed E-state index contributed by atoms with van der Waals surface area (Å²) in [4.78, 5) is 33.8. The van der Waals surface area contributed by atoms with Crippen LogP contribution in [0.4, 0.5) is 0 Å². The van der Waals surface area contributed by atoms with Gasteiger partial charge < -0.3 is 9.88 Å². The summed E-state index contributed by atoms with van der Waals surface area (Å²) in [7, 11) is -3.76. The molecule has 10 heteroatoms. The Morgan fingerprint density at radius 2 is 2.07 bits per heavy atom. The number of thiophene rings is 1. The number of rotatable bonds is 5. The molecule has 1 unspecified atom stereocenters. The second-order valence-corrected chi connectivity index (χ2v) is 10.5. The van der Waals surface area contributed by atoms with Gasteiger partial charge in [-0.3, -0.25) is 9.59 Å². The van der Waals surface area contributed by atoms with E-state index >= 15 is 0 Å². The molecule has 0 spiro atoms. The number of amides is 1. The molecular weight excluding hydrogens is 424 g/mol. The Morgan fingerprint density at radius 1 is 1.23 bits per heavy atom. The fraction of sp³-hybridized carbons (Fsp3) is 0.350. The Labute approximate surface area is 179 Å². The van der Waals surface area contributed by atoms with E-state index in [1.807, 2.05) is 24.3 Å². The van der Waals surface area contributed by atoms with Gasteiger partial charge in [0.25, 0.3) is 10.0 Å². The molecule has 1 aliphatic carbocycles. The van der Waals surface area contributed by atoms with Gasteiger partial charge in [0.15, 0.2) is 0 Å². The molecule has 0 radical (unpaired) electrons. The van der Waals surface area contributed by atoms with Crippen LogP contribution < -0.4 is 0 Å². The molecule has 1 fully saturated rings. The quantitative estimate of drug-likeness (QED) is 0.708. The average molecular weight is 447 g/mol. The molecule has 2 aromatic rings. The summed E-state index contributed by atoms with van der Waals surface area (Å²) in [5.41, 5.74) is 0.313. The van der Waals surface area contributed by atoms with E-state index in [4.69, 9.17) is 0 Å². The number of hydrogen-bond acceptors (Lipinski definition) is 6. The topological polar surface area (TPSA) is 103 Å². The molecule has 1 N–H and O–H groups in total. The number of H-pyrrole nitrogens is 1. The fourth-order valence-electron chi connectivity index (χ4n) is 3.71. The number of carbonyl (C=O) groups excluding carboxylic acids is 2. The largest absolute Gasteiger partial charge is 0.342 e. The number of nitrogens with zero attached hydrogens (tertiary/aromatic N) is 3. The monoisotopic (exact) mass is 446 g/mol. The molecule has 0 aromatic carbocycles. The molecule has 2 aromatic heterocycles. The van der Waals surface area contributed by atoms with Gasteiger partial charge in [0.05, 0.1) is 23.3 Å². The summed E-state index contributed by atoms with van der Waals surface area (Å²) in [6.45, 7) is 2.72. The van der Waals surface area contributed by atoms with Crippen LogP contribution in [0.15, 0.2) is 53.2 Å². The number of hydrogen-bond donors (Lipinski definition) is 1. The second kappa shape index (κ2) is 8.29. The molecule has 0 saturated carbocycles. The van der Waals surface area contributed by atoms with E-state index in [0.29, 0.717) is 30.1 Å². The third kappa shape index (κ3) is 3.90. The number of carbonyl (C=O) groups is 2. The van der Waals surface area contributed by atoms with Crippen molar-refractivity contribution in [3.05, 3.63) is 59.5 Å². The highest BCUT2D eigenvalue weighted by Crippen LogP contribution is 2.29. The Bertz CT molecular complexity index is 1100. The van der Waals surface area contributed by atoms with E-state index < -0.39 is 10.0 Å². The Balaban J connectivity index is 1.46. The number of nitrogens with one attached hydrogen (secondary N) is 1. The number of piperazine rings is 1. The van der Waals surface area contributed by atoms with Gasteiger partial charge in [-0.2, -0.15) is 4.31 Å². The Morgan fingerprint density at radius 3 is 2.73 bits per heavy atom. The van der Waals surface area contributed by atoms with E-state index in [1.54, 1.807) is 11.8 Å². The van der Waals surface area contributed by atoms with Crippen molar-refractivity contribution in [1.82, 2.24) is 19.2 Å². The lowest BCUT2D eigenvalue weighted by atomic mass is 9.99. The number of imidazole rings is 1. The Kier molecular flexibility index (Phi) is 5.72. The summed E-state index contributed by atoms with van der Waals surface area (Å²) in [5.74, 6) is -0.446. The smallest absolute Gasteiger partial charge is 0.252 e. The summed E-state index contributed by atoms with van der Waals surface area (Å²) in [5, 5.41) is 0. The predicted molar refractivity (Wildman–Crippen MR) is 113 cm³/mol. The number of aromatic nitrogens is 2. The van der Waals surface area contributed by atoms with Crippen LogP contribution in [-0.2, 0) is 14.8 Å². The van der Waals surface area contributed by atoms with Crippen molar-refractivity contribution in [1.29, 1.82) is 0 Å². The highest BCUT2D eigenvalue weighted by Gasteiger charge is 2.37. The van der Waals surface area contributed by atoms with Crippen LogP contribution >= 0.6 is 11.3 Å². The van der Waals surface area contributed by atoms with Gasteiger partial charge in [-0.15, -0.1) is 11.3 Å². The molecule has 1 saturated heterocycles. The fourth-order valence-corrected chi connectivity index (χ4v) is 6.71. The first-order valence-electron chi connectivity index (χ1n) is 9.65. The van der Waals surface area contributed by atoms with Crippen LogP contribution in [0.2, 0.25) is 0 Å². The lowest BCUT2D eigenvalue weighted by molar-refractivity contribution is -0.136. The van der Waals surface area contributed by atoms with Gasteiger partial charge in [0, 0.05) is 25.7 Å². The molecule has 2 atom stereocenters. The summed E-state index contributed by atoms with van der Waals surface area (Å²) >= 11 is 0.947. The molecular formula is C20H22N4O4S2. The van der Waals surface area contributed by atoms with Gasteiger partial charge >= 0.3 is 0 Å². The van der Waals surface area contributed by atoms with Crippen LogP contribution in [0.3, 0.4) is 0 Å². The van der Waals surface area contributed by atoms with Gasteiger partial charge in [0.2, 0.25) is 11.7 Å². The number of sulfonamides is 1. The molecule has 1 aliphatic heterocycles. The van der Waals surface area contributed by atoms with E-state index in [-0.39, 0.29) is 34.4 Å². The maximum Gasteiger partial charge on any atom is 0.252 e. The molecule has 8 nitrogen and oxygen atoms in total. The minimum absolute atomic E-state index is 0.0306. The van der Waals surface area contributed by atoms with Gasteiger partial charge in [-0.25, -0.2) is 13.4 Å². The molecule has 158 valence electrons. The number of aromatic amines is 1. The molecule has 3 heterocycles. The molecule has 4 rings (SSSR count). The molecule has 0 bridgehead atoms. The number of ketones is 1. The van der Waals surface area contributed by atoms with Crippen molar-refractivity contribution in [2.45, 2.75) is 23.6 Å². The SMILES string of the molecule is CC1CN(C(=O)[C@H]2C=CC=CC2)CCN1S(=O)(=O)c1ccc(C(=O)c2cnc[nH]2)s1. The highest BCUT2D eigenvalue weighted by molar-refractivity contribution is 7.91. The lowest BCUT2D eigenvalue weighted by Gasteiger charge is -2.39. The van der Waals surface area contributed by atoms with Crippen molar-refractivity contribution < 1.29 is 18.0 Å². The zero-order chi connectivity index (χ0) is 21.3. The van der Waals surface area contributed by atoms with E-state index in [2.05, 4.69) is 9.97 Å². The summed E-state index contributed by atoms with van der Waals surface area (Å²) < 4.78 is 27.9. The third-order valence-corrected chi connectivity index (χ3v) is 8.85. The minimum Gasteiger partial charge on any atom is -0.342 e. The lowest BCUT2D eigenvalue weighted by Crippen LogP contribution is -2.56. The van der Waals surface area contributed by atoms with Gasteiger partial charge in [-0.05, 0) is 25.5 Å². The van der Waals surface area contributed by atoms with Crippen molar-refractivity contribution in [3.8, 4) is 0 Å². The molecule has 30 heavy (non-hydrogen) atoms. The minimum atomic E-state index is -3.76. The van der Waals surface area contributed by atoms with Crippen LogP contribution in [0, 0.1) is 5.92 Å². The number of allylic oxidation sites excluding steroid dienone is 3. The predicted octanol–water partition coefficient (Wildman–Crippen LogP) is 2.06. The molecule has 2 aliphatic rings. The van der Waals surface area contributed by atoms with Crippen molar-refractivity contribution in [2.75, 3.05) is 19.6 Å². The zero-order valence-electron chi connectivity index (χ0n) is 16.4. The first kappa shape index (κ1) is 20.7. The second-order valence-electron chi connectivity index (χ2n) is 7.32. The van der Waals surface area contributed by atoms with E-state index in [9.17, 15) is 18.0 Å². The standard InChI is InChI=1S/C20H22N4O4S2/c1-14-12-23(20(26)15-5-3-2-4-6-15)9-10-24(14)30(27,28)18-8-7-17(29-18)19(25)16-11-21-13-22-16/h2-5,7-8,11,13-15H,6,9-10,12H2,1H3,(H,21,22)/t14?,15-/m0/s1. The van der Waals surface area contributed by atoms with Gasteiger partial charge in [-0.1, -0.05) is 24.3 Å². The van der Waals surface area contributed by atoms with Crippen LogP contribution in [-0.4, -0.2) is 65.0 Å². The van der Waals surface area contributed by atoms with E-state index in [0.717, 1.165) is 11.3 Å². The first-order valence-corrected chi connectivity index (χ1v) is 11.9. The maximum absolute atomic E-state index is 13.2. The third-order valence-electron chi connectivity index (χ3n) is 5.29. The Hall–Kier alpha value is -2.56. The van der Waals surface area contributed by atoms with Crippen molar-refractivity contribution in [3.63, 3.8) is 0 Å². The van der Waals surface area contributed by atoms with Crippen LogP contribution in [0.25, 0.3) is 0 Å². The highest BCUT2D eigenvalue weighted by atomic mass is 32.2. The normalized spacial score (nSPS) is 22.4. The summed E-state index contributed by atoms with van der Waals surface area (Å²) in [6.07, 6.45) is 11.1. The summed E-state index contributed by atoms with van der Waals surface area (Å²) in [6, 6.07) is 2.63. The van der Waals surface area contributed by atoms with Crippen molar-refractivity contribution >= 4 is 33.1 Å². The van der Waals surface area contributed by atoms with Crippen LogP contribution in [0.5, 0.6) is 0 Å². The van der Waals surface area contributed by atoms with Crippen molar-refractivity contribution in [2.24, 2.45) is 5.92 Å². The zero-order valence-corrected chi connectivity index (χ0v) is 18.0. The first-order chi connectivity index (χ1) is 14.4. The average Bonchev–Trinajstić information content (AvgIpc) is 3.45. The van der Waals surface area contributed by atoms with E-state index in [1.165, 1.54) is 29.0 Å². The van der Waals surface area contributed by atoms with Crippen LogP contribution in [0.1, 0.15) is 28.7 Å². The van der Waals surface area contributed by atoms with Gasteiger partial charge in [0.1, 0.15) is 9.90 Å².